The molecule has 14 heteroatoms. The molecule has 220 valence electrons. The third kappa shape index (κ3) is 7.30. The summed E-state index contributed by atoms with van der Waals surface area (Å²) in [6.07, 6.45) is 0. The third-order valence-corrected chi connectivity index (χ3v) is 7.43. The van der Waals surface area contributed by atoms with Gasteiger partial charge in [-0.1, -0.05) is 60.7 Å². The number of methoxy groups -OCH3 is 2. The molecule has 0 bridgehead atoms. The quantitative estimate of drug-likeness (QED) is 0.165. The highest BCUT2D eigenvalue weighted by molar-refractivity contribution is 7.86. The first kappa shape index (κ1) is 31.8. The van der Waals surface area contributed by atoms with Crippen LogP contribution in [0.3, 0.4) is 0 Å². The van der Waals surface area contributed by atoms with Crippen molar-refractivity contribution in [3.63, 3.8) is 0 Å². The van der Waals surface area contributed by atoms with Crippen molar-refractivity contribution in [1.29, 1.82) is 0 Å². The highest BCUT2D eigenvalue weighted by atomic mass is 32.2. The number of phenols is 2. The molecule has 4 rings (SSSR count). The van der Waals surface area contributed by atoms with Crippen LogP contribution < -0.4 is 9.47 Å². The molecule has 0 aliphatic heterocycles. The summed E-state index contributed by atoms with van der Waals surface area (Å²) in [6.45, 7) is 0. The van der Waals surface area contributed by atoms with Crippen LogP contribution in [0.1, 0.15) is 31.8 Å². The Morgan fingerprint density at radius 3 is 1.14 bits per heavy atom. The predicted molar refractivity (Wildman–Crippen MR) is 149 cm³/mol. The molecule has 0 atom stereocenters. The van der Waals surface area contributed by atoms with Gasteiger partial charge in [0.2, 0.25) is 0 Å². The molecule has 0 fully saturated rings. The predicted octanol–water partition coefficient (Wildman–Crippen LogP) is 3.76. The van der Waals surface area contributed by atoms with E-state index in [1.165, 1.54) is 38.5 Å². The van der Waals surface area contributed by atoms with Crippen LogP contribution >= 0.6 is 0 Å². The van der Waals surface area contributed by atoms with Crippen LogP contribution in [0.25, 0.3) is 0 Å². The zero-order valence-corrected chi connectivity index (χ0v) is 23.6. The van der Waals surface area contributed by atoms with Gasteiger partial charge in [0.25, 0.3) is 20.2 Å². The summed E-state index contributed by atoms with van der Waals surface area (Å²) >= 11 is 0. The molecule has 4 aromatic rings. The zero-order chi connectivity index (χ0) is 31.2. The number of aromatic hydroxyl groups is 2. The van der Waals surface area contributed by atoms with Crippen LogP contribution in [-0.2, 0) is 20.2 Å². The molecule has 0 heterocycles. The fraction of sp³-hybridized carbons (Fsp3) is 0.0714. The topological polar surface area (TPSA) is 202 Å². The second-order valence-electron chi connectivity index (χ2n) is 8.38. The number of ether oxygens (including phenoxy) is 2. The van der Waals surface area contributed by atoms with Crippen LogP contribution in [0.2, 0.25) is 0 Å². The number of hydrogen-bond acceptors (Lipinski definition) is 10. The number of hydrogen-bond donors (Lipinski definition) is 4. The Bertz CT molecular complexity index is 1700. The van der Waals surface area contributed by atoms with Gasteiger partial charge in [-0.2, -0.15) is 16.8 Å². The standard InChI is InChI=1S/2C14H12O6S/c2*1-20-12-8-11(15)10(7-13(12)21(17,18)19)14(16)9-5-3-2-4-6-9/h2*2-8,15H,1H3,(H,17,18,19). The van der Waals surface area contributed by atoms with Gasteiger partial charge < -0.3 is 19.7 Å². The number of benzene rings is 4. The lowest BCUT2D eigenvalue weighted by Gasteiger charge is -2.10. The minimum atomic E-state index is -4.59. The second kappa shape index (κ2) is 12.8. The lowest BCUT2D eigenvalue weighted by Crippen LogP contribution is -2.07. The van der Waals surface area contributed by atoms with E-state index in [-0.39, 0.29) is 33.8 Å². The highest BCUT2D eigenvalue weighted by Crippen LogP contribution is 2.34. The Labute approximate surface area is 240 Å². The average Bonchev–Trinajstić information content (AvgIpc) is 2.96. The van der Waals surface area contributed by atoms with E-state index in [1.807, 2.05) is 0 Å². The minimum absolute atomic E-state index is 0.241. The van der Waals surface area contributed by atoms with Crippen LogP contribution in [0.4, 0.5) is 0 Å². The Hall–Kier alpha value is -4.76. The second-order valence-corrected chi connectivity index (χ2v) is 11.2. The van der Waals surface area contributed by atoms with Gasteiger partial charge in [0, 0.05) is 23.3 Å². The molecule has 0 radical (unpaired) electrons. The monoisotopic (exact) mass is 616 g/mol. The molecule has 0 aromatic heterocycles. The Morgan fingerprint density at radius 2 is 0.881 bits per heavy atom. The van der Waals surface area contributed by atoms with Crippen molar-refractivity contribution in [3.8, 4) is 23.0 Å². The van der Waals surface area contributed by atoms with Crippen molar-refractivity contribution in [3.05, 3.63) is 107 Å². The summed E-state index contributed by atoms with van der Waals surface area (Å²) in [6, 6.07) is 19.8. The number of rotatable bonds is 8. The maximum absolute atomic E-state index is 12.3. The molecule has 4 aromatic carbocycles. The average molecular weight is 617 g/mol. The molecule has 42 heavy (non-hydrogen) atoms. The molecule has 0 spiro atoms. The summed E-state index contributed by atoms with van der Waals surface area (Å²) in [5, 5.41) is 19.7. The summed E-state index contributed by atoms with van der Waals surface area (Å²) in [4.78, 5) is 23.4. The van der Waals surface area contributed by atoms with E-state index in [2.05, 4.69) is 0 Å². The van der Waals surface area contributed by atoms with E-state index >= 15 is 0 Å². The number of carbonyl (C=O) groups is 2. The van der Waals surface area contributed by atoms with E-state index in [9.17, 15) is 36.6 Å². The maximum Gasteiger partial charge on any atom is 0.298 e. The van der Waals surface area contributed by atoms with Crippen molar-refractivity contribution in [2.75, 3.05) is 14.2 Å². The largest absolute Gasteiger partial charge is 0.507 e. The summed E-state index contributed by atoms with van der Waals surface area (Å²) in [7, 11) is -6.81. The number of carbonyl (C=O) groups excluding carboxylic acids is 2. The first-order valence-electron chi connectivity index (χ1n) is 11.7. The maximum atomic E-state index is 12.3. The van der Waals surface area contributed by atoms with Crippen molar-refractivity contribution in [2.24, 2.45) is 0 Å². The highest BCUT2D eigenvalue weighted by Gasteiger charge is 2.24. The van der Waals surface area contributed by atoms with Crippen LogP contribution in [0.5, 0.6) is 23.0 Å². The van der Waals surface area contributed by atoms with Gasteiger partial charge >= 0.3 is 0 Å². The van der Waals surface area contributed by atoms with Gasteiger partial charge in [-0.05, 0) is 12.1 Å². The van der Waals surface area contributed by atoms with Crippen LogP contribution in [-0.4, -0.2) is 61.9 Å². The molecule has 0 amide bonds. The SMILES string of the molecule is COc1cc(O)c(C(=O)c2ccccc2)cc1S(=O)(=O)O.COc1cc(O)c(C(=O)c2ccccc2)cc1S(=O)(=O)O. The lowest BCUT2D eigenvalue weighted by molar-refractivity contribution is 0.102. The molecule has 0 aliphatic carbocycles. The van der Waals surface area contributed by atoms with Gasteiger partial charge in [0.05, 0.1) is 25.3 Å². The van der Waals surface area contributed by atoms with Gasteiger partial charge in [-0.15, -0.1) is 0 Å². The van der Waals surface area contributed by atoms with Gasteiger partial charge in [0.1, 0.15) is 32.8 Å². The molecule has 0 saturated heterocycles. The van der Waals surface area contributed by atoms with Crippen molar-refractivity contribution < 1.29 is 55.2 Å². The van der Waals surface area contributed by atoms with E-state index in [0.29, 0.717) is 0 Å². The van der Waals surface area contributed by atoms with Crippen LogP contribution in [0.15, 0.2) is 94.7 Å². The molecule has 12 nitrogen and oxygen atoms in total. The van der Waals surface area contributed by atoms with Crippen LogP contribution in [0, 0.1) is 0 Å². The fourth-order valence-corrected chi connectivity index (χ4v) is 5.00. The lowest BCUT2D eigenvalue weighted by atomic mass is 10.0. The Morgan fingerprint density at radius 1 is 0.571 bits per heavy atom. The molecular formula is C28H24O12S2. The minimum Gasteiger partial charge on any atom is -0.507 e. The zero-order valence-electron chi connectivity index (χ0n) is 22.0. The summed E-state index contributed by atoms with van der Waals surface area (Å²) in [5.74, 6) is -2.51. The van der Waals surface area contributed by atoms with E-state index < -0.39 is 53.1 Å². The summed E-state index contributed by atoms with van der Waals surface area (Å²) < 4.78 is 73.2. The third-order valence-electron chi connectivity index (χ3n) is 5.68. The first-order chi connectivity index (χ1) is 19.7. The Kier molecular flexibility index (Phi) is 9.70. The molecule has 0 aliphatic rings. The fourth-order valence-electron chi connectivity index (χ4n) is 3.67. The van der Waals surface area contributed by atoms with Gasteiger partial charge in [-0.25, -0.2) is 0 Å². The van der Waals surface area contributed by atoms with Gasteiger partial charge in [0.15, 0.2) is 11.6 Å². The van der Waals surface area contributed by atoms with E-state index in [1.54, 1.807) is 36.4 Å². The molecular weight excluding hydrogens is 592 g/mol. The molecule has 0 unspecified atom stereocenters. The van der Waals surface area contributed by atoms with E-state index in [0.717, 1.165) is 24.3 Å². The number of ketones is 2. The number of phenolic OH excluding ortho intramolecular Hbond substituents is 2. The van der Waals surface area contributed by atoms with Gasteiger partial charge in [-0.3, -0.25) is 18.7 Å². The van der Waals surface area contributed by atoms with E-state index in [4.69, 9.17) is 18.6 Å². The van der Waals surface area contributed by atoms with Crippen molar-refractivity contribution in [1.82, 2.24) is 0 Å². The Balaban J connectivity index is 0.000000230. The van der Waals surface area contributed by atoms with Crippen molar-refractivity contribution >= 4 is 31.8 Å². The first-order valence-corrected chi connectivity index (χ1v) is 14.5. The molecule has 0 saturated carbocycles. The van der Waals surface area contributed by atoms with Crippen molar-refractivity contribution in [2.45, 2.75) is 9.79 Å². The smallest absolute Gasteiger partial charge is 0.298 e. The summed E-state index contributed by atoms with van der Waals surface area (Å²) in [5.41, 5.74) is 0.0720. The normalized spacial score (nSPS) is 11.1. The molecule has 4 N–H and O–H groups in total.